The first-order chi connectivity index (χ1) is 14.0. The van der Waals surface area contributed by atoms with E-state index in [-0.39, 0.29) is 29.3 Å². The summed E-state index contributed by atoms with van der Waals surface area (Å²) in [6, 6.07) is 21.1. The Labute approximate surface area is 174 Å². The second kappa shape index (κ2) is 8.29. The van der Waals surface area contributed by atoms with Crippen LogP contribution in [0.4, 0.5) is 0 Å². The highest BCUT2D eigenvalue weighted by Gasteiger charge is 2.45. The van der Waals surface area contributed by atoms with E-state index in [1.807, 2.05) is 6.07 Å². The van der Waals surface area contributed by atoms with Crippen LogP contribution in [0.3, 0.4) is 0 Å². The molecule has 1 saturated carbocycles. The number of hydrogen-bond acceptors (Lipinski definition) is 3. The van der Waals surface area contributed by atoms with E-state index in [0.717, 1.165) is 38.8 Å². The zero-order chi connectivity index (χ0) is 20.4. The van der Waals surface area contributed by atoms with Gasteiger partial charge in [-0.1, -0.05) is 60.7 Å². The first-order valence-corrected chi connectivity index (χ1v) is 10.9. The molecule has 0 unspecified atom stereocenters. The summed E-state index contributed by atoms with van der Waals surface area (Å²) in [6.45, 7) is 1.58. The van der Waals surface area contributed by atoms with Gasteiger partial charge in [0.25, 0.3) is 0 Å². The molecule has 1 saturated heterocycles. The van der Waals surface area contributed by atoms with Crippen LogP contribution in [0.2, 0.25) is 0 Å². The van der Waals surface area contributed by atoms with Gasteiger partial charge in [-0.15, -0.1) is 0 Å². The molecule has 154 valence electrons. The van der Waals surface area contributed by atoms with E-state index < -0.39 is 0 Å². The molecule has 4 nitrogen and oxygen atoms in total. The van der Waals surface area contributed by atoms with Crippen LogP contribution < -0.4 is 5.73 Å². The number of amides is 1. The van der Waals surface area contributed by atoms with Gasteiger partial charge in [0, 0.05) is 24.7 Å². The van der Waals surface area contributed by atoms with E-state index in [4.69, 9.17) is 5.73 Å². The number of nitrogens with two attached hydrogens (primary N) is 1. The number of likely N-dealkylation sites (tertiary alicyclic amines) is 1. The molecule has 1 aliphatic carbocycles. The Morgan fingerprint density at radius 1 is 0.966 bits per heavy atom. The van der Waals surface area contributed by atoms with Crippen LogP contribution >= 0.6 is 0 Å². The standard InChI is InChI=1S/C25H33N3O/c1-27(2)25(20-11-7-4-8-12-20)15-17-28(18-16-25)24(29)23-21(13-14-22(23)26)19-9-5-3-6-10-19/h3-12,21-23H,13-18,26H2,1-2H3/t21-,22-,23-/m0/s1. The summed E-state index contributed by atoms with van der Waals surface area (Å²) >= 11 is 0. The lowest BCUT2D eigenvalue weighted by Crippen LogP contribution is -2.54. The van der Waals surface area contributed by atoms with Crippen LogP contribution in [0, 0.1) is 5.92 Å². The van der Waals surface area contributed by atoms with Crippen molar-refractivity contribution in [3.63, 3.8) is 0 Å². The molecule has 4 heteroatoms. The molecule has 1 amide bonds. The molecule has 3 atom stereocenters. The topological polar surface area (TPSA) is 49.6 Å². The molecule has 29 heavy (non-hydrogen) atoms. The van der Waals surface area contributed by atoms with Crippen LogP contribution in [0.25, 0.3) is 0 Å². The van der Waals surface area contributed by atoms with Gasteiger partial charge in [0.1, 0.15) is 0 Å². The molecule has 2 aliphatic rings. The number of piperidine rings is 1. The van der Waals surface area contributed by atoms with Crippen LogP contribution in [-0.2, 0) is 10.3 Å². The Morgan fingerprint density at radius 2 is 1.55 bits per heavy atom. The third-order valence-corrected chi connectivity index (χ3v) is 7.29. The average Bonchev–Trinajstić information content (AvgIpc) is 3.15. The monoisotopic (exact) mass is 391 g/mol. The Kier molecular flexibility index (Phi) is 5.75. The fraction of sp³-hybridized carbons (Fsp3) is 0.480. The van der Waals surface area contributed by atoms with Crippen molar-refractivity contribution in [1.82, 2.24) is 9.80 Å². The minimum atomic E-state index is -0.0963. The zero-order valence-electron chi connectivity index (χ0n) is 17.6. The molecule has 0 radical (unpaired) electrons. The highest BCUT2D eigenvalue weighted by molar-refractivity contribution is 5.81. The molecule has 2 N–H and O–H groups in total. The number of hydrogen-bond donors (Lipinski definition) is 1. The number of benzene rings is 2. The van der Waals surface area contributed by atoms with Gasteiger partial charge in [0.05, 0.1) is 5.92 Å². The van der Waals surface area contributed by atoms with Crippen molar-refractivity contribution in [3.05, 3.63) is 71.8 Å². The zero-order valence-corrected chi connectivity index (χ0v) is 17.6. The van der Waals surface area contributed by atoms with E-state index in [0.29, 0.717) is 0 Å². The summed E-state index contributed by atoms with van der Waals surface area (Å²) < 4.78 is 0. The number of carbonyl (C=O) groups excluding carboxylic acids is 1. The molecule has 2 aromatic carbocycles. The molecule has 1 heterocycles. The molecule has 2 fully saturated rings. The Hall–Kier alpha value is -2.17. The van der Waals surface area contributed by atoms with E-state index in [9.17, 15) is 4.79 Å². The van der Waals surface area contributed by atoms with Crippen molar-refractivity contribution in [2.24, 2.45) is 11.7 Å². The molecule has 1 aliphatic heterocycles. The lowest BCUT2D eigenvalue weighted by atomic mass is 9.79. The van der Waals surface area contributed by atoms with Crippen molar-refractivity contribution < 1.29 is 4.79 Å². The van der Waals surface area contributed by atoms with Gasteiger partial charge in [-0.3, -0.25) is 9.69 Å². The summed E-state index contributed by atoms with van der Waals surface area (Å²) in [5, 5.41) is 0. The van der Waals surface area contributed by atoms with Gasteiger partial charge >= 0.3 is 0 Å². The minimum Gasteiger partial charge on any atom is -0.342 e. The molecular weight excluding hydrogens is 358 g/mol. The van der Waals surface area contributed by atoms with Crippen molar-refractivity contribution in [2.75, 3.05) is 27.2 Å². The van der Waals surface area contributed by atoms with E-state index >= 15 is 0 Å². The fourth-order valence-corrected chi connectivity index (χ4v) is 5.51. The van der Waals surface area contributed by atoms with Gasteiger partial charge in [-0.05, 0) is 56.8 Å². The predicted molar refractivity (Wildman–Crippen MR) is 118 cm³/mol. The average molecular weight is 392 g/mol. The summed E-state index contributed by atoms with van der Waals surface area (Å²) in [4.78, 5) is 18.0. The molecular formula is C25H33N3O. The normalized spacial score (nSPS) is 26.6. The first-order valence-electron chi connectivity index (χ1n) is 10.9. The van der Waals surface area contributed by atoms with Crippen LogP contribution in [0.15, 0.2) is 60.7 Å². The van der Waals surface area contributed by atoms with E-state index in [1.54, 1.807) is 0 Å². The van der Waals surface area contributed by atoms with Crippen molar-refractivity contribution >= 4 is 5.91 Å². The van der Waals surface area contributed by atoms with Gasteiger partial charge in [-0.2, -0.15) is 0 Å². The molecule has 4 rings (SSSR count). The van der Waals surface area contributed by atoms with Crippen LogP contribution in [0.5, 0.6) is 0 Å². The quantitative estimate of drug-likeness (QED) is 0.867. The van der Waals surface area contributed by atoms with Gasteiger partial charge in [-0.25, -0.2) is 0 Å². The molecule has 0 spiro atoms. The maximum atomic E-state index is 13.5. The van der Waals surface area contributed by atoms with Crippen molar-refractivity contribution in [1.29, 1.82) is 0 Å². The van der Waals surface area contributed by atoms with Crippen LogP contribution in [-0.4, -0.2) is 48.9 Å². The maximum absolute atomic E-state index is 13.5. The highest BCUT2D eigenvalue weighted by Crippen LogP contribution is 2.42. The highest BCUT2D eigenvalue weighted by atomic mass is 16.2. The Bertz CT molecular complexity index is 812. The second-order valence-corrected chi connectivity index (χ2v) is 8.90. The SMILES string of the molecule is CN(C)C1(c2ccccc2)CCN(C(=O)[C@@H]2[C@@H](N)CC[C@H]2c2ccccc2)CC1. The largest absolute Gasteiger partial charge is 0.342 e. The maximum Gasteiger partial charge on any atom is 0.227 e. The van der Waals surface area contributed by atoms with Crippen molar-refractivity contribution in [3.8, 4) is 0 Å². The van der Waals surface area contributed by atoms with Gasteiger partial charge < -0.3 is 10.6 Å². The number of rotatable bonds is 4. The minimum absolute atomic E-state index is 0.00529. The molecule has 2 aromatic rings. The molecule has 0 aromatic heterocycles. The molecule has 0 bridgehead atoms. The lowest BCUT2D eigenvalue weighted by Gasteiger charge is -2.47. The first kappa shape index (κ1) is 20.1. The number of nitrogens with zero attached hydrogens (tertiary/aromatic N) is 2. The summed E-state index contributed by atoms with van der Waals surface area (Å²) in [5.41, 5.74) is 9.04. The third-order valence-electron chi connectivity index (χ3n) is 7.29. The Morgan fingerprint density at radius 3 is 2.14 bits per heavy atom. The smallest absolute Gasteiger partial charge is 0.227 e. The fourth-order valence-electron chi connectivity index (χ4n) is 5.51. The Balaban J connectivity index is 1.51. The number of carbonyl (C=O) groups is 1. The third kappa shape index (κ3) is 3.72. The van der Waals surface area contributed by atoms with Crippen LogP contribution in [0.1, 0.15) is 42.7 Å². The summed E-state index contributed by atoms with van der Waals surface area (Å²) in [6.07, 6.45) is 3.83. The second-order valence-electron chi connectivity index (χ2n) is 8.90. The van der Waals surface area contributed by atoms with E-state index in [1.165, 1.54) is 11.1 Å². The summed E-state index contributed by atoms with van der Waals surface area (Å²) in [7, 11) is 4.31. The summed E-state index contributed by atoms with van der Waals surface area (Å²) in [5.74, 6) is 0.401. The van der Waals surface area contributed by atoms with Crippen molar-refractivity contribution in [2.45, 2.75) is 43.2 Å². The van der Waals surface area contributed by atoms with Gasteiger partial charge in [0.2, 0.25) is 5.91 Å². The van der Waals surface area contributed by atoms with Gasteiger partial charge in [0.15, 0.2) is 0 Å². The lowest BCUT2D eigenvalue weighted by molar-refractivity contribution is -0.139. The predicted octanol–water partition coefficient (Wildman–Crippen LogP) is 3.59. The van der Waals surface area contributed by atoms with E-state index in [2.05, 4.69) is 78.5 Å².